The fourth-order valence-electron chi connectivity index (χ4n) is 2.90. The first kappa shape index (κ1) is 25.7. The third kappa shape index (κ3) is 11.0. The van der Waals surface area contributed by atoms with Crippen molar-refractivity contribution >= 4 is 23.8 Å². The Labute approximate surface area is 195 Å². The van der Waals surface area contributed by atoms with Crippen LogP contribution in [0, 0.1) is 0 Å². The van der Waals surface area contributed by atoms with Gasteiger partial charge in [0.1, 0.15) is 18.2 Å². The van der Waals surface area contributed by atoms with Crippen LogP contribution in [0.15, 0.2) is 60.7 Å². The Morgan fingerprint density at radius 3 is 2.15 bits per heavy atom. The number of para-hydroxylation sites is 1. The molecular formula is C25H33N3O5. The lowest BCUT2D eigenvalue weighted by molar-refractivity contribution is -0.118. The molecule has 0 aliphatic carbocycles. The van der Waals surface area contributed by atoms with Gasteiger partial charge in [-0.3, -0.25) is 4.79 Å². The SMILES string of the molecule is CC(C)(C)OC(=O)NCCCC[C@@H](NC(=O)OCc1ccccc1)C(=O)Nc1ccccc1. The zero-order chi connectivity index (χ0) is 24.1. The third-order valence-electron chi connectivity index (χ3n) is 4.45. The number of anilines is 1. The molecular weight excluding hydrogens is 422 g/mol. The quantitative estimate of drug-likeness (QED) is 0.454. The Balaban J connectivity index is 1.85. The van der Waals surface area contributed by atoms with Crippen molar-refractivity contribution in [1.29, 1.82) is 0 Å². The van der Waals surface area contributed by atoms with E-state index in [9.17, 15) is 14.4 Å². The molecule has 0 saturated carbocycles. The lowest BCUT2D eigenvalue weighted by Gasteiger charge is -2.20. The minimum Gasteiger partial charge on any atom is -0.445 e. The number of nitrogens with one attached hydrogen (secondary N) is 3. The number of hydrogen-bond donors (Lipinski definition) is 3. The van der Waals surface area contributed by atoms with Crippen LogP contribution in [0.25, 0.3) is 0 Å². The van der Waals surface area contributed by atoms with Crippen molar-refractivity contribution in [2.75, 3.05) is 11.9 Å². The molecule has 178 valence electrons. The monoisotopic (exact) mass is 455 g/mol. The topological polar surface area (TPSA) is 106 Å². The van der Waals surface area contributed by atoms with E-state index in [0.29, 0.717) is 31.5 Å². The zero-order valence-electron chi connectivity index (χ0n) is 19.4. The highest BCUT2D eigenvalue weighted by molar-refractivity contribution is 5.96. The van der Waals surface area contributed by atoms with E-state index in [1.54, 1.807) is 32.9 Å². The summed E-state index contributed by atoms with van der Waals surface area (Å²) in [6.07, 6.45) is 0.452. The molecule has 2 aromatic carbocycles. The van der Waals surface area contributed by atoms with Crippen molar-refractivity contribution in [2.45, 2.75) is 58.3 Å². The predicted molar refractivity (Wildman–Crippen MR) is 127 cm³/mol. The van der Waals surface area contributed by atoms with Gasteiger partial charge in [0.05, 0.1) is 0 Å². The number of benzene rings is 2. The summed E-state index contributed by atoms with van der Waals surface area (Å²) in [6.45, 7) is 5.90. The van der Waals surface area contributed by atoms with Crippen LogP contribution >= 0.6 is 0 Å². The van der Waals surface area contributed by atoms with Crippen molar-refractivity contribution in [1.82, 2.24) is 10.6 Å². The van der Waals surface area contributed by atoms with E-state index in [0.717, 1.165) is 5.56 Å². The number of ether oxygens (including phenoxy) is 2. The fraction of sp³-hybridized carbons (Fsp3) is 0.400. The molecule has 0 fully saturated rings. The van der Waals surface area contributed by atoms with E-state index in [1.807, 2.05) is 48.5 Å². The molecule has 8 heteroatoms. The zero-order valence-corrected chi connectivity index (χ0v) is 19.4. The molecule has 0 aliphatic rings. The average molecular weight is 456 g/mol. The van der Waals surface area contributed by atoms with E-state index in [4.69, 9.17) is 9.47 Å². The van der Waals surface area contributed by atoms with Crippen LogP contribution in [0.2, 0.25) is 0 Å². The van der Waals surface area contributed by atoms with Gasteiger partial charge in [0.2, 0.25) is 5.91 Å². The van der Waals surface area contributed by atoms with Gasteiger partial charge >= 0.3 is 12.2 Å². The van der Waals surface area contributed by atoms with Crippen molar-refractivity contribution in [3.63, 3.8) is 0 Å². The van der Waals surface area contributed by atoms with Crippen molar-refractivity contribution in [3.8, 4) is 0 Å². The normalized spacial score (nSPS) is 11.7. The van der Waals surface area contributed by atoms with Crippen LogP contribution in [-0.2, 0) is 20.9 Å². The summed E-state index contributed by atoms with van der Waals surface area (Å²) in [4.78, 5) is 36.8. The number of rotatable bonds is 10. The maximum absolute atomic E-state index is 12.8. The number of alkyl carbamates (subject to hydrolysis) is 2. The van der Waals surface area contributed by atoms with Crippen LogP contribution in [0.4, 0.5) is 15.3 Å². The first-order valence-corrected chi connectivity index (χ1v) is 11.0. The summed E-state index contributed by atoms with van der Waals surface area (Å²) in [5.74, 6) is -0.335. The van der Waals surface area contributed by atoms with Gasteiger partial charge in [0, 0.05) is 12.2 Å². The number of carbonyl (C=O) groups excluding carboxylic acids is 3. The Morgan fingerprint density at radius 2 is 1.52 bits per heavy atom. The average Bonchev–Trinajstić information content (AvgIpc) is 2.77. The Bertz CT molecular complexity index is 882. The maximum atomic E-state index is 12.8. The van der Waals surface area contributed by atoms with Crippen molar-refractivity contribution < 1.29 is 23.9 Å². The number of hydrogen-bond acceptors (Lipinski definition) is 5. The van der Waals surface area contributed by atoms with Crippen LogP contribution in [0.1, 0.15) is 45.6 Å². The second kappa shape index (κ2) is 13.1. The Kier molecular flexibility index (Phi) is 10.2. The van der Waals surface area contributed by atoms with Gasteiger partial charge in [-0.1, -0.05) is 48.5 Å². The highest BCUT2D eigenvalue weighted by atomic mass is 16.6. The van der Waals surface area contributed by atoms with Gasteiger partial charge < -0.3 is 25.4 Å². The summed E-state index contributed by atoms with van der Waals surface area (Å²) in [6, 6.07) is 17.5. The Morgan fingerprint density at radius 1 is 0.879 bits per heavy atom. The first-order valence-electron chi connectivity index (χ1n) is 11.0. The molecule has 33 heavy (non-hydrogen) atoms. The number of amides is 3. The van der Waals surface area contributed by atoms with Gasteiger partial charge in [-0.25, -0.2) is 9.59 Å². The molecule has 1 atom stereocenters. The van der Waals surface area contributed by atoms with Gasteiger partial charge in [-0.15, -0.1) is 0 Å². The van der Waals surface area contributed by atoms with Crippen molar-refractivity contribution in [2.24, 2.45) is 0 Å². The number of unbranched alkanes of at least 4 members (excludes halogenated alkanes) is 1. The van der Waals surface area contributed by atoms with E-state index >= 15 is 0 Å². The highest BCUT2D eigenvalue weighted by Gasteiger charge is 2.22. The molecule has 0 radical (unpaired) electrons. The predicted octanol–water partition coefficient (Wildman–Crippen LogP) is 4.62. The molecule has 0 aromatic heterocycles. The van der Waals surface area contributed by atoms with Crippen LogP contribution in [0.5, 0.6) is 0 Å². The molecule has 2 aromatic rings. The summed E-state index contributed by atoms with van der Waals surface area (Å²) in [5, 5.41) is 8.15. The Hall–Kier alpha value is -3.55. The van der Waals surface area contributed by atoms with Gasteiger partial charge in [-0.2, -0.15) is 0 Å². The maximum Gasteiger partial charge on any atom is 0.408 e. The molecule has 0 unspecified atom stereocenters. The second-order valence-corrected chi connectivity index (χ2v) is 8.54. The van der Waals surface area contributed by atoms with E-state index in [-0.39, 0.29) is 12.5 Å². The van der Waals surface area contributed by atoms with Crippen LogP contribution < -0.4 is 16.0 Å². The standard InChI is InChI=1S/C25H33N3O5/c1-25(2,3)33-23(30)26-17-11-10-16-21(22(29)27-20-14-8-5-9-15-20)28-24(31)32-18-19-12-6-4-7-13-19/h4-9,12-15,21H,10-11,16-18H2,1-3H3,(H,26,30)(H,27,29)(H,28,31)/t21-/m1/s1. The minimum absolute atomic E-state index is 0.111. The van der Waals surface area contributed by atoms with Gasteiger partial charge in [0.25, 0.3) is 0 Å². The smallest absolute Gasteiger partial charge is 0.408 e. The summed E-state index contributed by atoms with van der Waals surface area (Å²) < 4.78 is 10.5. The molecule has 3 amide bonds. The summed E-state index contributed by atoms with van der Waals surface area (Å²) in [5.41, 5.74) is 0.930. The molecule has 8 nitrogen and oxygen atoms in total. The summed E-state index contributed by atoms with van der Waals surface area (Å²) in [7, 11) is 0. The van der Waals surface area contributed by atoms with Crippen LogP contribution in [0.3, 0.4) is 0 Å². The molecule has 0 saturated heterocycles. The molecule has 0 spiro atoms. The summed E-state index contributed by atoms with van der Waals surface area (Å²) >= 11 is 0. The minimum atomic E-state index is -0.782. The number of carbonyl (C=O) groups is 3. The molecule has 0 aliphatic heterocycles. The lowest BCUT2D eigenvalue weighted by atomic mass is 10.1. The molecule has 2 rings (SSSR count). The van der Waals surface area contributed by atoms with Gasteiger partial charge in [-0.05, 0) is 57.7 Å². The van der Waals surface area contributed by atoms with Gasteiger partial charge in [0.15, 0.2) is 0 Å². The van der Waals surface area contributed by atoms with Crippen LogP contribution in [-0.4, -0.2) is 36.3 Å². The van der Waals surface area contributed by atoms with E-state index in [1.165, 1.54) is 0 Å². The molecule has 3 N–H and O–H groups in total. The fourth-order valence-corrected chi connectivity index (χ4v) is 2.90. The molecule has 0 heterocycles. The van der Waals surface area contributed by atoms with Crippen molar-refractivity contribution in [3.05, 3.63) is 66.2 Å². The highest BCUT2D eigenvalue weighted by Crippen LogP contribution is 2.10. The second-order valence-electron chi connectivity index (χ2n) is 8.54. The lowest BCUT2D eigenvalue weighted by Crippen LogP contribution is -2.44. The van der Waals surface area contributed by atoms with E-state index < -0.39 is 23.8 Å². The van der Waals surface area contributed by atoms with E-state index in [2.05, 4.69) is 16.0 Å². The first-order chi connectivity index (χ1) is 15.7. The largest absolute Gasteiger partial charge is 0.445 e. The molecule has 0 bridgehead atoms. The third-order valence-corrected chi connectivity index (χ3v) is 4.45.